The number of nitrogens with one attached hydrogen (secondary N) is 1. The fraction of sp³-hybridized carbons (Fsp3) is 0.625. The Kier molecular flexibility index (Phi) is 4.54. The highest BCUT2D eigenvalue weighted by Gasteiger charge is 2.18. The van der Waals surface area contributed by atoms with Gasteiger partial charge in [-0.15, -0.1) is 11.3 Å². The third kappa shape index (κ3) is 4.64. The average molecular weight is 306 g/mol. The summed E-state index contributed by atoms with van der Waals surface area (Å²) in [7, 11) is 0. The lowest BCUT2D eigenvalue weighted by molar-refractivity contribution is 0.414. The largest absolute Gasteiger partial charge is 0.306 e. The second kappa shape index (κ2) is 5.89. The summed E-state index contributed by atoms with van der Waals surface area (Å²) in [6.07, 6.45) is 1.86. The predicted octanol–water partition coefficient (Wildman–Crippen LogP) is 3.57. The summed E-state index contributed by atoms with van der Waals surface area (Å²) in [4.78, 5) is 4.74. The fourth-order valence-electron chi connectivity index (χ4n) is 1.86. The van der Waals surface area contributed by atoms with Crippen LogP contribution in [0.5, 0.6) is 0 Å². The first-order chi connectivity index (χ1) is 9.65. The van der Waals surface area contributed by atoms with E-state index >= 15 is 0 Å². The van der Waals surface area contributed by atoms with Crippen molar-refractivity contribution in [2.45, 2.75) is 65.6 Å². The van der Waals surface area contributed by atoms with E-state index in [9.17, 15) is 0 Å². The minimum absolute atomic E-state index is 0.107. The summed E-state index contributed by atoms with van der Waals surface area (Å²) in [5.41, 5.74) is 2.56. The Morgan fingerprint density at radius 3 is 2.48 bits per heavy atom. The summed E-state index contributed by atoms with van der Waals surface area (Å²) < 4.78 is 2.03. The molecular formula is C16H26N4S. The zero-order chi connectivity index (χ0) is 15.7. The smallest absolute Gasteiger partial charge is 0.114 e. The minimum Gasteiger partial charge on any atom is -0.306 e. The van der Waals surface area contributed by atoms with Crippen LogP contribution < -0.4 is 5.32 Å². The summed E-state index contributed by atoms with van der Waals surface area (Å²) >= 11 is 1.71. The van der Waals surface area contributed by atoms with E-state index in [2.05, 4.69) is 63.4 Å². The molecule has 0 saturated heterocycles. The number of aromatic nitrogens is 3. The Balaban J connectivity index is 2.07. The summed E-state index contributed by atoms with van der Waals surface area (Å²) in [6, 6.07) is 2.07. The Labute approximate surface area is 131 Å². The van der Waals surface area contributed by atoms with Crippen molar-refractivity contribution < 1.29 is 0 Å². The molecule has 21 heavy (non-hydrogen) atoms. The third-order valence-corrected chi connectivity index (χ3v) is 4.04. The molecule has 0 aromatic carbocycles. The standard InChI is InChI=1S/C16H26N4S/c1-15(2,3)13-11-21-14(19-13)10-20-12(7-8-18-20)9-17-16(4,5)6/h7-8,11,17H,9-10H2,1-6H3. The highest BCUT2D eigenvalue weighted by molar-refractivity contribution is 7.09. The van der Waals surface area contributed by atoms with Crippen molar-refractivity contribution in [2.24, 2.45) is 0 Å². The summed E-state index contributed by atoms with van der Waals surface area (Å²) in [5, 5.41) is 11.2. The molecule has 0 unspecified atom stereocenters. The first kappa shape index (κ1) is 16.2. The molecule has 116 valence electrons. The Morgan fingerprint density at radius 1 is 1.19 bits per heavy atom. The summed E-state index contributed by atoms with van der Waals surface area (Å²) in [6.45, 7) is 14.7. The van der Waals surface area contributed by atoms with Gasteiger partial charge in [0.1, 0.15) is 5.01 Å². The molecular weight excluding hydrogens is 280 g/mol. The molecule has 0 amide bonds. The van der Waals surface area contributed by atoms with E-state index in [-0.39, 0.29) is 11.0 Å². The predicted molar refractivity (Wildman–Crippen MR) is 88.7 cm³/mol. The molecule has 2 aromatic heterocycles. The molecule has 0 bridgehead atoms. The normalized spacial score (nSPS) is 12.9. The van der Waals surface area contributed by atoms with E-state index in [0.29, 0.717) is 0 Å². The molecule has 1 N–H and O–H groups in total. The van der Waals surface area contributed by atoms with Crippen LogP contribution in [0.2, 0.25) is 0 Å². The van der Waals surface area contributed by atoms with E-state index in [1.807, 2.05) is 10.9 Å². The highest BCUT2D eigenvalue weighted by atomic mass is 32.1. The van der Waals surface area contributed by atoms with Gasteiger partial charge in [-0.2, -0.15) is 5.10 Å². The van der Waals surface area contributed by atoms with Crippen molar-refractivity contribution in [3.63, 3.8) is 0 Å². The Hall–Kier alpha value is -1.20. The van der Waals surface area contributed by atoms with E-state index in [0.717, 1.165) is 23.8 Å². The van der Waals surface area contributed by atoms with Gasteiger partial charge in [-0.25, -0.2) is 4.98 Å². The van der Waals surface area contributed by atoms with Gasteiger partial charge in [-0.1, -0.05) is 20.8 Å². The first-order valence-electron chi connectivity index (χ1n) is 7.36. The van der Waals surface area contributed by atoms with E-state index < -0.39 is 0 Å². The maximum atomic E-state index is 4.74. The molecule has 2 rings (SSSR count). The topological polar surface area (TPSA) is 42.7 Å². The van der Waals surface area contributed by atoms with Gasteiger partial charge in [-0.3, -0.25) is 4.68 Å². The zero-order valence-corrected chi connectivity index (χ0v) is 14.7. The molecule has 4 nitrogen and oxygen atoms in total. The maximum absolute atomic E-state index is 4.74. The molecule has 0 aliphatic heterocycles. The number of hydrogen-bond acceptors (Lipinski definition) is 4. The van der Waals surface area contributed by atoms with Crippen LogP contribution in [0.25, 0.3) is 0 Å². The van der Waals surface area contributed by atoms with Gasteiger partial charge in [0.2, 0.25) is 0 Å². The number of thiazole rings is 1. The van der Waals surface area contributed by atoms with Gasteiger partial charge < -0.3 is 5.32 Å². The van der Waals surface area contributed by atoms with Crippen molar-refractivity contribution >= 4 is 11.3 Å². The SMILES string of the molecule is CC(C)(C)NCc1ccnn1Cc1nc(C(C)(C)C)cs1. The van der Waals surface area contributed by atoms with Crippen molar-refractivity contribution in [2.75, 3.05) is 0 Å². The Bertz CT molecular complexity index is 584. The molecule has 0 aliphatic carbocycles. The number of nitrogens with zero attached hydrogens (tertiary/aromatic N) is 3. The van der Waals surface area contributed by atoms with Crippen LogP contribution in [-0.4, -0.2) is 20.3 Å². The first-order valence-corrected chi connectivity index (χ1v) is 8.24. The maximum Gasteiger partial charge on any atom is 0.114 e. The zero-order valence-electron chi connectivity index (χ0n) is 13.9. The molecule has 5 heteroatoms. The third-order valence-electron chi connectivity index (χ3n) is 3.21. The monoisotopic (exact) mass is 306 g/mol. The van der Waals surface area contributed by atoms with Crippen molar-refractivity contribution in [3.05, 3.63) is 34.0 Å². The second-order valence-corrected chi connectivity index (χ2v) is 8.40. The van der Waals surface area contributed by atoms with Gasteiger partial charge in [0, 0.05) is 29.1 Å². The van der Waals surface area contributed by atoms with Gasteiger partial charge in [0.25, 0.3) is 0 Å². The number of hydrogen-bond donors (Lipinski definition) is 1. The Morgan fingerprint density at radius 2 is 1.90 bits per heavy atom. The van der Waals surface area contributed by atoms with Crippen LogP contribution in [-0.2, 0) is 18.5 Å². The van der Waals surface area contributed by atoms with Crippen LogP contribution in [0.3, 0.4) is 0 Å². The van der Waals surface area contributed by atoms with Gasteiger partial charge in [0.05, 0.1) is 17.9 Å². The number of rotatable bonds is 4. The van der Waals surface area contributed by atoms with Crippen LogP contribution in [0, 0.1) is 0 Å². The van der Waals surface area contributed by atoms with Gasteiger partial charge in [-0.05, 0) is 26.8 Å². The molecule has 0 fully saturated rings. The molecule has 2 heterocycles. The second-order valence-electron chi connectivity index (χ2n) is 7.46. The summed E-state index contributed by atoms with van der Waals surface area (Å²) in [5.74, 6) is 0. The molecule has 0 spiro atoms. The molecule has 0 radical (unpaired) electrons. The molecule has 2 aromatic rings. The van der Waals surface area contributed by atoms with Gasteiger partial charge >= 0.3 is 0 Å². The van der Waals surface area contributed by atoms with E-state index in [4.69, 9.17) is 4.98 Å². The quantitative estimate of drug-likeness (QED) is 0.939. The van der Waals surface area contributed by atoms with Crippen molar-refractivity contribution in [3.8, 4) is 0 Å². The van der Waals surface area contributed by atoms with Gasteiger partial charge in [0.15, 0.2) is 0 Å². The van der Waals surface area contributed by atoms with E-state index in [1.165, 1.54) is 5.69 Å². The van der Waals surface area contributed by atoms with Crippen molar-refractivity contribution in [1.29, 1.82) is 0 Å². The van der Waals surface area contributed by atoms with Crippen molar-refractivity contribution in [1.82, 2.24) is 20.1 Å². The molecule has 0 atom stereocenters. The highest BCUT2D eigenvalue weighted by Crippen LogP contribution is 2.24. The molecule has 0 saturated carbocycles. The fourth-order valence-corrected chi connectivity index (χ4v) is 2.87. The van der Waals surface area contributed by atoms with Crippen LogP contribution in [0.1, 0.15) is 57.9 Å². The van der Waals surface area contributed by atoms with Crippen LogP contribution in [0.4, 0.5) is 0 Å². The lowest BCUT2D eigenvalue weighted by Gasteiger charge is -2.20. The minimum atomic E-state index is 0.107. The lowest BCUT2D eigenvalue weighted by Crippen LogP contribution is -2.35. The van der Waals surface area contributed by atoms with Crippen LogP contribution in [0.15, 0.2) is 17.6 Å². The lowest BCUT2D eigenvalue weighted by atomic mass is 9.93. The van der Waals surface area contributed by atoms with Crippen LogP contribution >= 0.6 is 11.3 Å². The molecule has 0 aliphatic rings. The van der Waals surface area contributed by atoms with E-state index in [1.54, 1.807) is 11.3 Å². The average Bonchev–Trinajstić information content (AvgIpc) is 2.94.